The van der Waals surface area contributed by atoms with Crippen molar-refractivity contribution in [3.8, 4) is 0 Å². The van der Waals surface area contributed by atoms with Crippen molar-refractivity contribution in [2.45, 2.75) is 39.2 Å². The minimum atomic E-state index is -0.0802. The smallest absolute Gasteiger partial charge is 0.228 e. The van der Waals surface area contributed by atoms with Crippen LogP contribution in [-0.4, -0.2) is 29.9 Å². The summed E-state index contributed by atoms with van der Waals surface area (Å²) < 4.78 is 10.1. The molecule has 16 heavy (non-hydrogen) atoms. The third-order valence-electron chi connectivity index (χ3n) is 2.27. The molecule has 1 rings (SSSR count). The summed E-state index contributed by atoms with van der Waals surface area (Å²) in [5.74, 6) is 2.02. The van der Waals surface area contributed by atoms with Crippen molar-refractivity contribution in [3.05, 3.63) is 11.7 Å². The lowest BCUT2D eigenvalue weighted by molar-refractivity contribution is 0.176. The molecule has 5 nitrogen and oxygen atoms in total. The molecule has 0 aromatic carbocycles. The van der Waals surface area contributed by atoms with Crippen molar-refractivity contribution in [2.75, 3.05) is 13.7 Å². The molecule has 0 aliphatic carbocycles. The monoisotopic (exact) mass is 227 g/mol. The number of ether oxygens (including phenoxy) is 1. The number of nitrogens with two attached hydrogens (primary N) is 1. The van der Waals surface area contributed by atoms with E-state index in [0.717, 1.165) is 18.7 Å². The van der Waals surface area contributed by atoms with Gasteiger partial charge >= 0.3 is 0 Å². The van der Waals surface area contributed by atoms with Gasteiger partial charge in [0.15, 0.2) is 5.82 Å². The fourth-order valence-electron chi connectivity index (χ4n) is 1.39. The second-order valence-electron chi connectivity index (χ2n) is 4.46. The van der Waals surface area contributed by atoms with E-state index in [-0.39, 0.29) is 6.04 Å². The predicted molar refractivity (Wildman–Crippen MR) is 61.0 cm³/mol. The van der Waals surface area contributed by atoms with Gasteiger partial charge in [0.25, 0.3) is 0 Å². The number of aryl methyl sites for hydroxylation is 1. The molecule has 0 saturated carbocycles. The van der Waals surface area contributed by atoms with Gasteiger partial charge < -0.3 is 15.0 Å². The molecule has 0 amide bonds. The number of hydrogen-bond acceptors (Lipinski definition) is 5. The van der Waals surface area contributed by atoms with E-state index in [2.05, 4.69) is 24.0 Å². The molecule has 2 N–H and O–H groups in total. The van der Waals surface area contributed by atoms with Crippen LogP contribution in [0, 0.1) is 5.92 Å². The quantitative estimate of drug-likeness (QED) is 0.757. The summed E-state index contributed by atoms with van der Waals surface area (Å²) in [7, 11) is 1.63. The lowest BCUT2D eigenvalue weighted by atomic mass is 10.1. The molecule has 5 heteroatoms. The highest BCUT2D eigenvalue weighted by Crippen LogP contribution is 2.07. The van der Waals surface area contributed by atoms with E-state index in [1.807, 2.05) is 0 Å². The zero-order valence-corrected chi connectivity index (χ0v) is 10.3. The van der Waals surface area contributed by atoms with Gasteiger partial charge in [-0.15, -0.1) is 0 Å². The molecular weight excluding hydrogens is 206 g/mol. The van der Waals surface area contributed by atoms with Crippen molar-refractivity contribution >= 4 is 0 Å². The maximum atomic E-state index is 5.79. The number of methoxy groups -OCH3 is 1. The Labute approximate surface area is 96.4 Å². The van der Waals surface area contributed by atoms with Crippen LogP contribution >= 0.6 is 0 Å². The first kappa shape index (κ1) is 13.1. The number of hydrogen-bond donors (Lipinski definition) is 1. The summed E-state index contributed by atoms with van der Waals surface area (Å²) in [5.41, 5.74) is 5.79. The molecule has 0 aliphatic rings. The van der Waals surface area contributed by atoms with Gasteiger partial charge in [0.2, 0.25) is 5.89 Å². The summed E-state index contributed by atoms with van der Waals surface area (Å²) >= 11 is 0. The molecule has 0 aliphatic heterocycles. The first-order valence-corrected chi connectivity index (χ1v) is 5.67. The molecule has 0 saturated heterocycles. The minimum absolute atomic E-state index is 0.0802. The summed E-state index contributed by atoms with van der Waals surface area (Å²) in [5, 5.41) is 3.92. The molecule has 1 aromatic rings. The van der Waals surface area contributed by atoms with Gasteiger partial charge in [-0.05, 0) is 12.3 Å². The van der Waals surface area contributed by atoms with Gasteiger partial charge in [-0.3, -0.25) is 0 Å². The lowest BCUT2D eigenvalue weighted by Gasteiger charge is -2.05. The van der Waals surface area contributed by atoms with Gasteiger partial charge in [-0.2, -0.15) is 4.98 Å². The van der Waals surface area contributed by atoms with Gasteiger partial charge in [0.1, 0.15) is 0 Å². The highest BCUT2D eigenvalue weighted by Gasteiger charge is 2.11. The maximum absolute atomic E-state index is 5.79. The van der Waals surface area contributed by atoms with E-state index in [0.29, 0.717) is 24.8 Å². The normalized spacial score (nSPS) is 13.3. The van der Waals surface area contributed by atoms with Crippen LogP contribution in [0.5, 0.6) is 0 Å². The third kappa shape index (κ3) is 4.72. The Balaban J connectivity index is 2.39. The van der Waals surface area contributed by atoms with Crippen LogP contribution in [0.1, 0.15) is 32.0 Å². The molecule has 0 fully saturated rings. The van der Waals surface area contributed by atoms with Gasteiger partial charge in [-0.25, -0.2) is 0 Å². The maximum Gasteiger partial charge on any atom is 0.228 e. The standard InChI is InChI=1S/C11H21N3O2/c1-8(2)4-5-10-13-11(16-14-10)6-9(12)7-15-3/h8-9H,4-7,12H2,1-3H3. The highest BCUT2D eigenvalue weighted by molar-refractivity contribution is 4.89. The number of rotatable bonds is 7. The summed E-state index contributed by atoms with van der Waals surface area (Å²) in [6.45, 7) is 4.86. The molecule has 0 spiro atoms. The average Bonchev–Trinajstić information content (AvgIpc) is 2.63. The second-order valence-corrected chi connectivity index (χ2v) is 4.46. The van der Waals surface area contributed by atoms with Gasteiger partial charge in [0, 0.05) is 26.0 Å². The Morgan fingerprint density at radius 2 is 2.19 bits per heavy atom. The molecule has 0 radical (unpaired) electrons. The number of aromatic nitrogens is 2. The lowest BCUT2D eigenvalue weighted by Crippen LogP contribution is -2.28. The molecule has 1 unspecified atom stereocenters. The first-order valence-electron chi connectivity index (χ1n) is 5.67. The van der Waals surface area contributed by atoms with Crippen LogP contribution in [-0.2, 0) is 17.6 Å². The van der Waals surface area contributed by atoms with Gasteiger partial charge in [-0.1, -0.05) is 19.0 Å². The van der Waals surface area contributed by atoms with Crippen molar-refractivity contribution in [1.82, 2.24) is 10.1 Å². The van der Waals surface area contributed by atoms with Crippen LogP contribution in [0.25, 0.3) is 0 Å². The first-order chi connectivity index (χ1) is 7.61. The average molecular weight is 227 g/mol. The van der Waals surface area contributed by atoms with Crippen molar-refractivity contribution in [2.24, 2.45) is 11.7 Å². The van der Waals surface area contributed by atoms with Crippen LogP contribution in [0.3, 0.4) is 0 Å². The van der Waals surface area contributed by atoms with E-state index in [1.54, 1.807) is 7.11 Å². The zero-order valence-electron chi connectivity index (χ0n) is 10.3. The Morgan fingerprint density at radius 1 is 1.44 bits per heavy atom. The Bertz CT molecular complexity index is 299. The number of nitrogens with zero attached hydrogens (tertiary/aromatic N) is 2. The van der Waals surface area contributed by atoms with E-state index in [4.69, 9.17) is 15.0 Å². The SMILES string of the molecule is COCC(N)Cc1nc(CCC(C)C)no1. The second kappa shape index (κ2) is 6.60. The van der Waals surface area contributed by atoms with E-state index in [9.17, 15) is 0 Å². The topological polar surface area (TPSA) is 74.2 Å². The van der Waals surface area contributed by atoms with E-state index < -0.39 is 0 Å². The molecule has 1 aromatic heterocycles. The predicted octanol–water partition coefficient (Wildman–Crippen LogP) is 1.17. The van der Waals surface area contributed by atoms with Crippen LogP contribution < -0.4 is 5.73 Å². The Hall–Kier alpha value is -0.940. The molecular formula is C11H21N3O2. The summed E-state index contributed by atoms with van der Waals surface area (Å²) in [4.78, 5) is 4.29. The molecule has 1 heterocycles. The third-order valence-corrected chi connectivity index (χ3v) is 2.27. The van der Waals surface area contributed by atoms with E-state index >= 15 is 0 Å². The fourth-order valence-corrected chi connectivity index (χ4v) is 1.39. The van der Waals surface area contributed by atoms with E-state index in [1.165, 1.54) is 0 Å². The Morgan fingerprint density at radius 3 is 2.81 bits per heavy atom. The Kier molecular flexibility index (Phi) is 5.42. The van der Waals surface area contributed by atoms with Crippen molar-refractivity contribution < 1.29 is 9.26 Å². The van der Waals surface area contributed by atoms with Crippen molar-refractivity contribution in [3.63, 3.8) is 0 Å². The van der Waals surface area contributed by atoms with Gasteiger partial charge in [0.05, 0.1) is 6.61 Å². The molecule has 1 atom stereocenters. The zero-order chi connectivity index (χ0) is 12.0. The van der Waals surface area contributed by atoms with Crippen LogP contribution in [0.15, 0.2) is 4.52 Å². The summed E-state index contributed by atoms with van der Waals surface area (Å²) in [6, 6.07) is -0.0802. The van der Waals surface area contributed by atoms with Crippen LogP contribution in [0.2, 0.25) is 0 Å². The minimum Gasteiger partial charge on any atom is -0.383 e. The van der Waals surface area contributed by atoms with Crippen molar-refractivity contribution in [1.29, 1.82) is 0 Å². The molecule has 92 valence electrons. The van der Waals surface area contributed by atoms with Crippen LogP contribution in [0.4, 0.5) is 0 Å². The summed E-state index contributed by atoms with van der Waals surface area (Å²) in [6.07, 6.45) is 2.51. The largest absolute Gasteiger partial charge is 0.383 e. The molecule has 0 bridgehead atoms. The fraction of sp³-hybridized carbons (Fsp3) is 0.818. The highest BCUT2D eigenvalue weighted by atomic mass is 16.5.